The molecule has 67 heavy (non-hydrogen) atoms. The molecule has 35 heteroatoms. The smallest absolute Gasteiger partial charge is 0.355 e. The molecule has 0 saturated heterocycles. The number of hydrogen-bond donors (Lipinski definition) is 8. The molecule has 8 N–H and O–H groups in total. The van der Waals surface area contributed by atoms with Crippen molar-refractivity contribution in [2.45, 2.75) is 30.5 Å². The van der Waals surface area contributed by atoms with E-state index in [1.165, 1.54) is 0 Å². The van der Waals surface area contributed by atoms with Gasteiger partial charge in [0.05, 0.1) is 26.6 Å². The molecule has 0 aromatic heterocycles. The number of non-ortho nitro benzene ring substituents is 1. The zero-order valence-electron chi connectivity index (χ0n) is 32.0. The van der Waals surface area contributed by atoms with Crippen LogP contribution in [0.1, 0.15) is 0 Å². The number of aromatic hydroxyl groups is 2. The summed E-state index contributed by atoms with van der Waals surface area (Å²) in [4.78, 5) is 30.0. The van der Waals surface area contributed by atoms with Gasteiger partial charge in [0.2, 0.25) is 6.04 Å². The number of benzene rings is 5. The first-order valence-electron chi connectivity index (χ1n) is 17.0. The third kappa shape index (κ3) is 10.2. The number of carboxylic acids is 1. The van der Waals surface area contributed by atoms with Crippen molar-refractivity contribution in [3.05, 3.63) is 82.9 Å². The van der Waals surface area contributed by atoms with Crippen molar-refractivity contribution in [2.24, 2.45) is 35.8 Å². The average Bonchev–Trinajstić information content (AvgIpc) is 3.56. The monoisotopic (exact) mass is 1030 g/mol. The highest BCUT2D eigenvalue weighted by Gasteiger charge is 2.41. The minimum absolute atomic E-state index is 0.187. The molecule has 0 bridgehead atoms. The molecule has 0 fully saturated rings. The molecular formula is C32H21N9O21S5. The third-order valence-corrected chi connectivity index (χ3v) is 12.9. The van der Waals surface area contributed by atoms with Gasteiger partial charge in [-0.15, -0.1) is 20.5 Å². The Bertz CT molecular complexity index is 3620. The summed E-state index contributed by atoms with van der Waals surface area (Å²) in [7, 11) is -21.1. The van der Waals surface area contributed by atoms with Gasteiger partial charge < -0.3 is 19.9 Å². The number of carbonyl (C=O) groups excluding carboxylic acids is 1. The van der Waals surface area contributed by atoms with E-state index in [2.05, 4.69) is 35.8 Å². The van der Waals surface area contributed by atoms with Gasteiger partial charge in [-0.05, 0) is 66.0 Å². The summed E-state index contributed by atoms with van der Waals surface area (Å²) in [5, 5.41) is 67.0. The number of hydrazone groups is 1. The molecular weight excluding hydrogens is 1010 g/mol. The number of phenols is 2. The Labute approximate surface area is 374 Å². The number of aliphatic carboxylic acids is 1. The summed E-state index contributed by atoms with van der Waals surface area (Å²) >= 11 is -2.99. The number of anilines is 1. The Kier molecular flexibility index (Phi) is 13.0. The first-order chi connectivity index (χ1) is 31.0. The first-order valence-corrected chi connectivity index (χ1v) is 23.8. The molecule has 0 saturated carbocycles. The van der Waals surface area contributed by atoms with Crippen molar-refractivity contribution in [1.82, 2.24) is 0 Å². The van der Waals surface area contributed by atoms with Crippen molar-refractivity contribution in [3.63, 3.8) is 0 Å². The molecule has 0 spiro atoms. The highest BCUT2D eigenvalue weighted by Crippen LogP contribution is 2.50. The molecule has 2 atom stereocenters. The van der Waals surface area contributed by atoms with Crippen LogP contribution in [0.15, 0.2) is 133 Å². The van der Waals surface area contributed by atoms with Crippen molar-refractivity contribution in [3.8, 4) is 11.5 Å². The van der Waals surface area contributed by atoms with Crippen LogP contribution in [0.4, 0.5) is 39.8 Å². The Morgan fingerprint density at radius 1 is 0.701 bits per heavy atom. The highest BCUT2D eigenvalue weighted by atomic mass is 32.2. The Balaban J connectivity index is 1.43. The van der Waals surface area contributed by atoms with Gasteiger partial charge in [-0.2, -0.15) is 54.0 Å². The summed E-state index contributed by atoms with van der Waals surface area (Å²) < 4.78 is 158. The number of fused-ring (bicyclic) bond motifs is 1. The largest absolute Gasteiger partial charge is 0.505 e. The van der Waals surface area contributed by atoms with E-state index < -0.39 is 161 Å². The fourth-order valence-electron chi connectivity index (χ4n) is 5.73. The summed E-state index contributed by atoms with van der Waals surface area (Å²) in [6, 6.07) is 6.81. The zero-order chi connectivity index (χ0) is 49.7. The van der Waals surface area contributed by atoms with Crippen LogP contribution in [-0.4, -0.2) is 105 Å². The molecule has 1 aliphatic rings. The van der Waals surface area contributed by atoms with Gasteiger partial charge in [-0.3, -0.25) is 33.1 Å². The SMILES string of the molecule is O=C(O)C1=NN(c2ccc(S(=O)(=O)O)cc2)C(=O)C1/N=N/c1ccc(/N=N/c2c(S(=O)(=O)O)cc3cc(S(=O)(=O)O)c(/N=N/c4ccc([N+](=O)[O-])cc4S(=O)O)c(O)c3c2O)c(S(=O)(=O)O)c1. The number of nitrogens with zero attached hydrogens (tertiary/aromatic N) is 9. The number of carboxylic acid groups (broad SMARTS) is 1. The van der Waals surface area contributed by atoms with Crippen molar-refractivity contribution < 1.29 is 90.5 Å². The fraction of sp³-hybridized carbons (Fsp3) is 0.0312. The van der Waals surface area contributed by atoms with Crippen LogP contribution in [0.3, 0.4) is 0 Å². The number of amides is 1. The predicted molar refractivity (Wildman–Crippen MR) is 221 cm³/mol. The van der Waals surface area contributed by atoms with E-state index in [9.17, 15) is 95.7 Å². The lowest BCUT2D eigenvalue weighted by Crippen LogP contribution is -2.33. The Hall–Kier alpha value is -7.48. The van der Waals surface area contributed by atoms with Crippen LogP contribution in [0.5, 0.6) is 11.5 Å². The summed E-state index contributed by atoms with van der Waals surface area (Å²) in [5.74, 6) is -5.87. The maximum Gasteiger partial charge on any atom is 0.355 e. The molecule has 6 rings (SSSR count). The van der Waals surface area contributed by atoms with Crippen LogP contribution < -0.4 is 5.01 Å². The van der Waals surface area contributed by atoms with E-state index in [1.54, 1.807) is 0 Å². The molecule has 5 aromatic carbocycles. The van der Waals surface area contributed by atoms with E-state index >= 15 is 0 Å². The molecule has 1 aliphatic heterocycles. The lowest BCUT2D eigenvalue weighted by atomic mass is 10.1. The Morgan fingerprint density at radius 3 is 1.70 bits per heavy atom. The quantitative estimate of drug-likeness (QED) is 0.0249. The van der Waals surface area contributed by atoms with Crippen LogP contribution in [-0.2, 0) is 61.1 Å². The predicted octanol–water partition coefficient (Wildman–Crippen LogP) is 4.50. The number of nitro groups is 1. The summed E-state index contributed by atoms with van der Waals surface area (Å²) in [6.07, 6.45) is 0. The zero-order valence-corrected chi connectivity index (χ0v) is 36.0. The van der Waals surface area contributed by atoms with Gasteiger partial charge in [-0.25, -0.2) is 9.00 Å². The van der Waals surface area contributed by atoms with Gasteiger partial charge in [0.15, 0.2) is 28.3 Å². The van der Waals surface area contributed by atoms with Crippen LogP contribution in [0.2, 0.25) is 0 Å². The molecule has 5 aromatic rings. The molecule has 0 radical (unpaired) electrons. The normalized spacial score (nSPS) is 15.5. The number of carbonyl (C=O) groups is 2. The maximum absolute atomic E-state index is 13.2. The standard InChI is InChI=1S/C32H21N9O21S5/c42-29-24-13(9-22(66(57,58)59)25(29)36-34-18-8-4-16(41(47)48)12-20(18)63(49)50)10-23(67(60,61)62)26(30(24)43)37-35-19-7-1-14(11-21(19)65(54,55)56)33-38-27-28(32(45)46)39-40(31(27)44)15-2-5-17(6-3-15)64(51,52)53/h1-12,27,42-43H,(H,45,46)(H,49,50)(H,51,52,53)(H,54,55,56)(H,57,58,59)(H,60,61,62)/b36-34+,37-35+,38-33+. The first kappa shape index (κ1) is 49.0. The van der Waals surface area contributed by atoms with Crippen molar-refractivity contribution in [2.75, 3.05) is 5.01 Å². The topological polar surface area (TPSA) is 483 Å². The van der Waals surface area contributed by atoms with E-state index in [0.29, 0.717) is 29.3 Å². The maximum atomic E-state index is 13.2. The second-order valence-electron chi connectivity index (χ2n) is 12.9. The highest BCUT2D eigenvalue weighted by molar-refractivity contribution is 7.86. The molecule has 30 nitrogen and oxygen atoms in total. The van der Waals surface area contributed by atoms with Gasteiger partial charge in [-0.1, -0.05) is 0 Å². The lowest BCUT2D eigenvalue weighted by Gasteiger charge is -2.13. The third-order valence-electron chi connectivity index (χ3n) is 8.68. The number of nitro benzene ring substituents is 1. The second-order valence-corrected chi connectivity index (χ2v) is 19.4. The Morgan fingerprint density at radius 2 is 1.22 bits per heavy atom. The molecule has 1 heterocycles. The minimum atomic E-state index is -5.56. The van der Waals surface area contributed by atoms with Crippen LogP contribution in [0.25, 0.3) is 10.8 Å². The van der Waals surface area contributed by atoms with E-state index in [4.69, 9.17) is 0 Å². The minimum Gasteiger partial charge on any atom is -0.505 e. The van der Waals surface area contributed by atoms with E-state index in [1.807, 2.05) is 0 Å². The van der Waals surface area contributed by atoms with Crippen LogP contribution in [0, 0.1) is 10.1 Å². The molecule has 350 valence electrons. The second kappa shape index (κ2) is 17.7. The molecule has 2 unspecified atom stereocenters. The van der Waals surface area contributed by atoms with Crippen molar-refractivity contribution >= 4 is 120 Å². The summed E-state index contributed by atoms with van der Waals surface area (Å²) in [5.41, 5.74) is -6.44. The van der Waals surface area contributed by atoms with E-state index in [-0.39, 0.29) is 5.69 Å². The number of phenolic OH excluding ortho intramolecular Hbond substituents is 2. The number of azo groups is 3. The van der Waals surface area contributed by atoms with Gasteiger partial charge in [0, 0.05) is 12.1 Å². The van der Waals surface area contributed by atoms with E-state index in [0.717, 1.165) is 48.5 Å². The van der Waals surface area contributed by atoms with Gasteiger partial charge in [0.25, 0.3) is 52.1 Å². The number of rotatable bonds is 14. The molecule has 0 aliphatic carbocycles. The molecule has 1 amide bonds. The van der Waals surface area contributed by atoms with Gasteiger partial charge in [0.1, 0.15) is 42.3 Å². The van der Waals surface area contributed by atoms with Crippen molar-refractivity contribution in [1.29, 1.82) is 0 Å². The van der Waals surface area contributed by atoms with Gasteiger partial charge >= 0.3 is 5.97 Å². The summed E-state index contributed by atoms with van der Waals surface area (Å²) in [6.45, 7) is 0. The number of hydrogen-bond acceptors (Lipinski definition) is 22. The fourth-order valence-corrected chi connectivity index (χ4v) is 8.67. The van der Waals surface area contributed by atoms with Crippen LogP contribution >= 0.6 is 0 Å². The lowest BCUT2D eigenvalue weighted by molar-refractivity contribution is -0.385. The average molecular weight is 1030 g/mol.